The summed E-state index contributed by atoms with van der Waals surface area (Å²) < 4.78 is 21.9. The van der Waals surface area contributed by atoms with Gasteiger partial charge >= 0.3 is 0 Å². The molecule has 0 aliphatic heterocycles. The molecule has 0 amide bonds. The first-order chi connectivity index (χ1) is 20.9. The third kappa shape index (κ3) is 5.95. The second kappa shape index (κ2) is 12.4. The zero-order valence-electron chi connectivity index (χ0n) is 23.8. The minimum absolute atomic E-state index is 0.0384. The molecule has 0 radical (unpaired) electrons. The van der Waals surface area contributed by atoms with Crippen molar-refractivity contribution in [3.8, 4) is 57.1 Å². The summed E-state index contributed by atoms with van der Waals surface area (Å²) in [6.45, 7) is 0. The van der Waals surface area contributed by atoms with Gasteiger partial charge in [-0.2, -0.15) is 0 Å². The summed E-state index contributed by atoms with van der Waals surface area (Å²) in [5.74, 6) is -5.64. The number of rotatable bonds is 11. The number of hydrogen-bond acceptors (Lipinski definition) is 12. The molecule has 4 rings (SSSR count). The SMILES string of the molecule is COc1cc(-c2cc(OC)c(C(=O)C(=O)c3cc(O)cc(O)c3)cc2OC)c(OC)cc1C(=O)C(=O)c1cc(O)cc(O)c1. The number of phenols is 4. The van der Waals surface area contributed by atoms with E-state index in [9.17, 15) is 39.6 Å². The largest absolute Gasteiger partial charge is 0.508 e. The van der Waals surface area contributed by atoms with Gasteiger partial charge in [-0.05, 0) is 48.5 Å². The van der Waals surface area contributed by atoms with Gasteiger partial charge in [0.2, 0.25) is 23.1 Å². The summed E-state index contributed by atoms with van der Waals surface area (Å²) in [7, 11) is 5.19. The van der Waals surface area contributed by atoms with Gasteiger partial charge in [0.15, 0.2) is 0 Å². The van der Waals surface area contributed by atoms with Crippen molar-refractivity contribution in [2.75, 3.05) is 28.4 Å². The second-order valence-electron chi connectivity index (χ2n) is 9.30. The molecule has 0 saturated carbocycles. The van der Waals surface area contributed by atoms with E-state index in [1.807, 2.05) is 0 Å². The molecule has 0 aliphatic carbocycles. The third-order valence-corrected chi connectivity index (χ3v) is 6.56. The molecular formula is C32H26O12. The van der Waals surface area contributed by atoms with Crippen molar-refractivity contribution >= 4 is 23.1 Å². The van der Waals surface area contributed by atoms with Gasteiger partial charge in [-0.1, -0.05) is 0 Å². The van der Waals surface area contributed by atoms with Crippen LogP contribution in [0.2, 0.25) is 0 Å². The normalized spacial score (nSPS) is 10.5. The molecule has 0 atom stereocenters. The Morgan fingerprint density at radius 2 is 0.705 bits per heavy atom. The molecule has 44 heavy (non-hydrogen) atoms. The van der Waals surface area contributed by atoms with Crippen molar-refractivity contribution in [1.82, 2.24) is 0 Å². The van der Waals surface area contributed by atoms with Gasteiger partial charge in [0, 0.05) is 34.4 Å². The van der Waals surface area contributed by atoms with Gasteiger partial charge in [-0.3, -0.25) is 19.2 Å². The van der Waals surface area contributed by atoms with Crippen molar-refractivity contribution in [2.45, 2.75) is 0 Å². The molecule has 0 fully saturated rings. The molecule has 0 heterocycles. The Bertz CT molecular complexity index is 1650. The van der Waals surface area contributed by atoms with Crippen molar-refractivity contribution in [2.24, 2.45) is 0 Å². The lowest BCUT2D eigenvalue weighted by atomic mass is 9.93. The van der Waals surface area contributed by atoms with E-state index in [1.165, 1.54) is 52.7 Å². The predicted octanol–water partition coefficient (Wildman–Crippen LogP) is 4.34. The van der Waals surface area contributed by atoms with E-state index in [0.717, 1.165) is 36.4 Å². The van der Waals surface area contributed by atoms with Crippen molar-refractivity contribution < 1.29 is 58.6 Å². The average Bonchev–Trinajstić information content (AvgIpc) is 3.00. The van der Waals surface area contributed by atoms with Crippen molar-refractivity contribution in [1.29, 1.82) is 0 Å². The lowest BCUT2D eigenvalue weighted by molar-refractivity contribution is 0.0814. The molecule has 0 unspecified atom stereocenters. The topological polar surface area (TPSA) is 186 Å². The van der Waals surface area contributed by atoms with Crippen molar-refractivity contribution in [3.05, 3.63) is 82.9 Å². The van der Waals surface area contributed by atoms with E-state index in [-0.39, 0.29) is 45.3 Å². The molecule has 0 spiro atoms. The van der Waals surface area contributed by atoms with Crippen LogP contribution in [-0.2, 0) is 0 Å². The highest BCUT2D eigenvalue weighted by atomic mass is 16.5. The number of ether oxygens (including phenoxy) is 4. The summed E-state index contributed by atoms with van der Waals surface area (Å²) in [6.07, 6.45) is 0. The number of methoxy groups -OCH3 is 4. The van der Waals surface area contributed by atoms with Crippen LogP contribution in [0, 0.1) is 0 Å². The third-order valence-electron chi connectivity index (χ3n) is 6.56. The Morgan fingerprint density at radius 3 is 0.977 bits per heavy atom. The fourth-order valence-electron chi connectivity index (χ4n) is 4.53. The highest BCUT2D eigenvalue weighted by Crippen LogP contribution is 2.44. The first-order valence-corrected chi connectivity index (χ1v) is 12.7. The number of phenolic OH excluding ortho intramolecular Hbond substituents is 4. The molecule has 0 saturated heterocycles. The van der Waals surface area contributed by atoms with Crippen LogP contribution in [0.1, 0.15) is 41.4 Å². The molecule has 4 N–H and O–H groups in total. The van der Waals surface area contributed by atoms with Crippen LogP contribution < -0.4 is 18.9 Å². The summed E-state index contributed by atoms with van der Waals surface area (Å²) in [5, 5.41) is 39.0. The number of Topliss-reactive ketones (excluding diaryl/α,β-unsaturated/α-hetero) is 4. The summed E-state index contributed by atoms with van der Waals surface area (Å²) >= 11 is 0. The zero-order valence-corrected chi connectivity index (χ0v) is 23.8. The highest BCUT2D eigenvalue weighted by Gasteiger charge is 2.29. The maximum absolute atomic E-state index is 13.2. The number of ketones is 4. The maximum atomic E-state index is 13.2. The van der Waals surface area contributed by atoms with Gasteiger partial charge in [-0.25, -0.2) is 0 Å². The minimum atomic E-state index is -1.03. The Labute approximate surface area is 250 Å². The maximum Gasteiger partial charge on any atom is 0.237 e. The van der Waals surface area contributed by atoms with Gasteiger partial charge in [0.1, 0.15) is 46.0 Å². The average molecular weight is 603 g/mol. The van der Waals surface area contributed by atoms with Crippen LogP contribution in [-0.4, -0.2) is 72.0 Å². The quantitative estimate of drug-likeness (QED) is 0.141. The Kier molecular flexibility index (Phi) is 8.75. The molecule has 226 valence electrons. The first kappa shape index (κ1) is 30.9. The number of aromatic hydroxyl groups is 4. The van der Waals surface area contributed by atoms with Crippen LogP contribution in [0.4, 0.5) is 0 Å². The fourth-order valence-corrected chi connectivity index (χ4v) is 4.53. The van der Waals surface area contributed by atoms with Gasteiger partial charge in [0.25, 0.3) is 0 Å². The molecule has 4 aromatic rings. The van der Waals surface area contributed by atoms with E-state index in [2.05, 4.69) is 0 Å². The first-order valence-electron chi connectivity index (χ1n) is 12.7. The summed E-state index contributed by atoms with van der Waals surface area (Å²) in [4.78, 5) is 52.4. The minimum Gasteiger partial charge on any atom is -0.508 e. The van der Waals surface area contributed by atoms with Gasteiger partial charge in [-0.15, -0.1) is 0 Å². The van der Waals surface area contributed by atoms with Crippen LogP contribution in [0.5, 0.6) is 46.0 Å². The molecule has 12 heteroatoms. The smallest absolute Gasteiger partial charge is 0.237 e. The predicted molar refractivity (Wildman–Crippen MR) is 155 cm³/mol. The van der Waals surface area contributed by atoms with Crippen molar-refractivity contribution in [3.63, 3.8) is 0 Å². The van der Waals surface area contributed by atoms with Gasteiger partial charge < -0.3 is 39.4 Å². The molecule has 0 aromatic heterocycles. The van der Waals surface area contributed by atoms with Crippen LogP contribution in [0.15, 0.2) is 60.7 Å². The van der Waals surface area contributed by atoms with E-state index in [4.69, 9.17) is 18.9 Å². The Morgan fingerprint density at radius 1 is 0.409 bits per heavy atom. The fraction of sp³-hybridized carbons (Fsp3) is 0.125. The van der Waals surface area contributed by atoms with E-state index >= 15 is 0 Å². The second-order valence-corrected chi connectivity index (χ2v) is 9.30. The molecule has 0 aliphatic rings. The monoisotopic (exact) mass is 602 g/mol. The lowest BCUT2D eigenvalue weighted by Crippen LogP contribution is -2.16. The van der Waals surface area contributed by atoms with E-state index < -0.39 is 46.1 Å². The number of carbonyl (C=O) groups is 4. The molecule has 4 aromatic carbocycles. The highest BCUT2D eigenvalue weighted by molar-refractivity contribution is 6.50. The van der Waals surface area contributed by atoms with Gasteiger partial charge in [0.05, 0.1) is 39.6 Å². The number of benzene rings is 4. The lowest BCUT2D eigenvalue weighted by Gasteiger charge is -2.18. The Hall–Kier alpha value is -6.04. The standard InChI is InChI=1S/C32H26O12/c1-41-25-13-23(31(39)29(37)15-5-17(33)9-18(34)6-15)27(43-3)11-21(25)22-12-28(44-4)24(14-26(22)42-2)32(40)30(38)16-7-19(35)10-20(36)8-16/h5-14,33-36H,1-4H3. The molecule has 0 bridgehead atoms. The Balaban J connectivity index is 1.81. The molecule has 12 nitrogen and oxygen atoms in total. The summed E-state index contributed by atoms with van der Waals surface area (Å²) in [6, 6.07) is 11.5. The number of carbonyl (C=O) groups excluding carboxylic acids is 4. The zero-order chi connectivity index (χ0) is 32.3. The van der Waals surface area contributed by atoms with E-state index in [0.29, 0.717) is 11.1 Å². The van der Waals surface area contributed by atoms with Crippen LogP contribution in [0.25, 0.3) is 11.1 Å². The van der Waals surface area contributed by atoms with E-state index in [1.54, 1.807) is 0 Å². The van der Waals surface area contributed by atoms with Crippen LogP contribution >= 0.6 is 0 Å². The van der Waals surface area contributed by atoms with Crippen LogP contribution in [0.3, 0.4) is 0 Å². The molecular weight excluding hydrogens is 576 g/mol. The number of hydrogen-bond donors (Lipinski definition) is 4. The summed E-state index contributed by atoms with van der Waals surface area (Å²) in [5.41, 5.74) is -0.278.